The maximum Gasteiger partial charge on any atom is 0.247 e. The van der Waals surface area contributed by atoms with E-state index in [1.165, 1.54) is 12.1 Å². The summed E-state index contributed by atoms with van der Waals surface area (Å²) in [6, 6.07) is 12.1. The van der Waals surface area contributed by atoms with E-state index in [0.717, 1.165) is 29.8 Å². The van der Waals surface area contributed by atoms with Crippen LogP contribution in [0, 0.1) is 5.82 Å². The lowest BCUT2D eigenvalue weighted by atomic mass is 10.1. The minimum atomic E-state index is -0.228. The van der Waals surface area contributed by atoms with E-state index >= 15 is 0 Å². The number of hydrogen-bond donors (Lipinski definition) is 1. The second-order valence-corrected chi connectivity index (χ2v) is 6.68. The van der Waals surface area contributed by atoms with Crippen LogP contribution in [-0.2, 0) is 17.9 Å². The fourth-order valence-corrected chi connectivity index (χ4v) is 3.29. The largest absolute Gasteiger partial charge is 0.493 e. The third-order valence-electron chi connectivity index (χ3n) is 4.83. The Morgan fingerprint density at radius 3 is 2.57 bits per heavy atom. The van der Waals surface area contributed by atoms with Crippen LogP contribution in [0.15, 0.2) is 54.1 Å². The average molecular weight is 384 g/mol. The normalized spacial score (nSPS) is 14.3. The molecule has 0 unspecified atom stereocenters. The Morgan fingerprint density at radius 1 is 1.14 bits per heavy atom. The number of nitrogens with one attached hydrogen (secondary N) is 1. The molecule has 0 spiro atoms. The van der Waals surface area contributed by atoms with Crippen molar-refractivity contribution in [1.82, 2.24) is 10.2 Å². The maximum absolute atomic E-state index is 13.0. The monoisotopic (exact) mass is 384 g/mol. The van der Waals surface area contributed by atoms with E-state index in [0.29, 0.717) is 31.0 Å². The fraction of sp³-hybridized carbons (Fsp3) is 0.318. The van der Waals surface area contributed by atoms with E-state index < -0.39 is 0 Å². The third kappa shape index (κ3) is 4.89. The first-order valence-corrected chi connectivity index (χ1v) is 9.24. The van der Waals surface area contributed by atoms with E-state index in [1.807, 2.05) is 24.3 Å². The van der Waals surface area contributed by atoms with Crippen molar-refractivity contribution in [2.45, 2.75) is 19.5 Å². The van der Waals surface area contributed by atoms with Crippen LogP contribution in [0.3, 0.4) is 0 Å². The topological polar surface area (TPSA) is 50.8 Å². The number of methoxy groups -OCH3 is 2. The van der Waals surface area contributed by atoms with Gasteiger partial charge >= 0.3 is 0 Å². The number of halogens is 1. The average Bonchev–Trinajstić information content (AvgIpc) is 2.73. The van der Waals surface area contributed by atoms with Gasteiger partial charge in [0.05, 0.1) is 14.2 Å². The van der Waals surface area contributed by atoms with Crippen LogP contribution in [-0.4, -0.2) is 38.1 Å². The van der Waals surface area contributed by atoms with Gasteiger partial charge in [-0.2, -0.15) is 0 Å². The van der Waals surface area contributed by atoms with Crippen molar-refractivity contribution in [2.24, 2.45) is 0 Å². The molecule has 0 fully saturated rings. The molecule has 1 aliphatic rings. The Labute approximate surface area is 164 Å². The molecule has 3 rings (SSSR count). The molecule has 1 N–H and O–H groups in total. The predicted molar refractivity (Wildman–Crippen MR) is 106 cm³/mol. The van der Waals surface area contributed by atoms with Crippen LogP contribution in [0.5, 0.6) is 11.5 Å². The van der Waals surface area contributed by atoms with E-state index in [4.69, 9.17) is 9.47 Å². The number of benzene rings is 2. The summed E-state index contributed by atoms with van der Waals surface area (Å²) in [4.78, 5) is 14.7. The molecule has 0 saturated heterocycles. The Kier molecular flexibility index (Phi) is 6.66. The lowest BCUT2D eigenvalue weighted by Crippen LogP contribution is -2.33. The molecule has 2 aromatic rings. The number of carbonyl (C=O) groups is 1. The highest BCUT2D eigenvalue weighted by Gasteiger charge is 2.18. The SMILES string of the molecule is COc1cccc(CNC(=O)C2=CCN(Cc3ccc(F)cc3)CC2)c1OC. The zero-order chi connectivity index (χ0) is 19.9. The number of hydrogen-bond acceptors (Lipinski definition) is 4. The van der Waals surface area contributed by atoms with Crippen molar-refractivity contribution in [3.8, 4) is 11.5 Å². The van der Waals surface area contributed by atoms with Crippen LogP contribution in [0.2, 0.25) is 0 Å². The van der Waals surface area contributed by atoms with Gasteiger partial charge in [0.1, 0.15) is 5.82 Å². The Hall–Kier alpha value is -2.86. The molecule has 0 bridgehead atoms. The molecule has 2 aromatic carbocycles. The molecule has 1 aliphatic heterocycles. The Bertz CT molecular complexity index is 849. The molecule has 0 atom stereocenters. The molecule has 6 heteroatoms. The quantitative estimate of drug-likeness (QED) is 0.796. The van der Waals surface area contributed by atoms with Crippen LogP contribution >= 0.6 is 0 Å². The van der Waals surface area contributed by atoms with E-state index in [2.05, 4.69) is 10.2 Å². The molecule has 0 radical (unpaired) electrons. The van der Waals surface area contributed by atoms with E-state index in [-0.39, 0.29) is 11.7 Å². The summed E-state index contributed by atoms with van der Waals surface area (Å²) >= 11 is 0. The molecule has 28 heavy (non-hydrogen) atoms. The summed E-state index contributed by atoms with van der Waals surface area (Å²) in [5.41, 5.74) is 2.72. The van der Waals surface area contributed by atoms with Crippen LogP contribution in [0.1, 0.15) is 17.5 Å². The van der Waals surface area contributed by atoms with Crippen LogP contribution in [0.25, 0.3) is 0 Å². The number of nitrogens with zero attached hydrogens (tertiary/aromatic N) is 1. The summed E-state index contributed by atoms with van der Waals surface area (Å²) in [6.45, 7) is 2.60. The standard InChI is InChI=1S/C22H25FN2O3/c1-27-20-5-3-4-18(21(20)28-2)14-24-22(26)17-10-12-25(13-11-17)15-16-6-8-19(23)9-7-16/h3-10H,11-15H2,1-2H3,(H,24,26). The molecule has 0 saturated carbocycles. The first-order chi connectivity index (χ1) is 13.6. The van der Waals surface area contributed by atoms with Crippen molar-refractivity contribution in [3.63, 3.8) is 0 Å². The molecule has 1 heterocycles. The Balaban J connectivity index is 1.54. The van der Waals surface area contributed by atoms with Crippen molar-refractivity contribution in [3.05, 3.63) is 71.1 Å². The highest BCUT2D eigenvalue weighted by atomic mass is 19.1. The first-order valence-electron chi connectivity index (χ1n) is 9.24. The van der Waals surface area contributed by atoms with Crippen LogP contribution in [0.4, 0.5) is 4.39 Å². The number of para-hydroxylation sites is 1. The molecule has 0 aliphatic carbocycles. The maximum atomic E-state index is 13.0. The summed E-state index contributed by atoms with van der Waals surface area (Å²) < 4.78 is 23.7. The number of ether oxygens (including phenoxy) is 2. The van der Waals surface area contributed by atoms with Crippen molar-refractivity contribution < 1.29 is 18.7 Å². The molecule has 0 aromatic heterocycles. The van der Waals surface area contributed by atoms with Gasteiger partial charge in [0.2, 0.25) is 5.91 Å². The molecular formula is C22H25FN2O3. The third-order valence-corrected chi connectivity index (χ3v) is 4.83. The van der Waals surface area contributed by atoms with Gasteiger partial charge in [-0.3, -0.25) is 9.69 Å². The van der Waals surface area contributed by atoms with Gasteiger partial charge in [-0.1, -0.05) is 30.3 Å². The number of carbonyl (C=O) groups excluding carboxylic acids is 1. The van der Waals surface area contributed by atoms with Crippen molar-refractivity contribution in [2.75, 3.05) is 27.3 Å². The van der Waals surface area contributed by atoms with Crippen molar-refractivity contribution in [1.29, 1.82) is 0 Å². The van der Waals surface area contributed by atoms with E-state index in [9.17, 15) is 9.18 Å². The summed E-state index contributed by atoms with van der Waals surface area (Å²) in [6.07, 6.45) is 2.65. The summed E-state index contributed by atoms with van der Waals surface area (Å²) in [5, 5.41) is 2.96. The van der Waals surface area contributed by atoms with Crippen molar-refractivity contribution >= 4 is 5.91 Å². The van der Waals surface area contributed by atoms with Gasteiger partial charge in [-0.25, -0.2) is 4.39 Å². The van der Waals surface area contributed by atoms with Gasteiger partial charge in [-0.05, 0) is 30.2 Å². The highest BCUT2D eigenvalue weighted by Crippen LogP contribution is 2.30. The number of rotatable bonds is 7. The summed E-state index contributed by atoms with van der Waals surface area (Å²) in [5.74, 6) is 0.983. The minimum absolute atomic E-state index is 0.0636. The summed E-state index contributed by atoms with van der Waals surface area (Å²) in [7, 11) is 3.17. The lowest BCUT2D eigenvalue weighted by molar-refractivity contribution is -0.118. The smallest absolute Gasteiger partial charge is 0.247 e. The van der Waals surface area contributed by atoms with Crippen LogP contribution < -0.4 is 14.8 Å². The van der Waals surface area contributed by atoms with Gasteiger partial charge in [0.15, 0.2) is 11.5 Å². The molecular weight excluding hydrogens is 359 g/mol. The second-order valence-electron chi connectivity index (χ2n) is 6.68. The highest BCUT2D eigenvalue weighted by molar-refractivity contribution is 5.93. The first kappa shape index (κ1) is 19.9. The fourth-order valence-electron chi connectivity index (χ4n) is 3.29. The lowest BCUT2D eigenvalue weighted by Gasteiger charge is -2.26. The molecule has 1 amide bonds. The molecule has 148 valence electrons. The number of amides is 1. The molecule has 5 nitrogen and oxygen atoms in total. The minimum Gasteiger partial charge on any atom is -0.493 e. The Morgan fingerprint density at radius 2 is 1.93 bits per heavy atom. The van der Waals surface area contributed by atoms with Gasteiger partial charge in [0.25, 0.3) is 0 Å². The second kappa shape index (κ2) is 9.37. The van der Waals surface area contributed by atoms with Gasteiger partial charge in [0, 0.05) is 37.3 Å². The van der Waals surface area contributed by atoms with Gasteiger partial charge in [-0.15, -0.1) is 0 Å². The predicted octanol–water partition coefficient (Wildman–Crippen LogP) is 3.29. The zero-order valence-corrected chi connectivity index (χ0v) is 16.2. The van der Waals surface area contributed by atoms with E-state index in [1.54, 1.807) is 26.4 Å². The van der Waals surface area contributed by atoms with Gasteiger partial charge < -0.3 is 14.8 Å². The zero-order valence-electron chi connectivity index (χ0n) is 16.2.